The Kier molecular flexibility index (Phi) is 3.42. The highest BCUT2D eigenvalue weighted by atomic mass is 79.9. The van der Waals surface area contributed by atoms with Crippen molar-refractivity contribution >= 4 is 28.0 Å². The van der Waals surface area contributed by atoms with Crippen LogP contribution in [-0.2, 0) is 4.74 Å². The standard InChI is InChI=1S/C10H12BrNO4/c1-10(2,3)16-9(15)12-5-6(11)4-7(12)8(13)14/h4-5H,1-3H3,(H,13,14). The van der Waals surface area contributed by atoms with E-state index in [0.717, 1.165) is 4.57 Å². The zero-order valence-electron chi connectivity index (χ0n) is 9.15. The van der Waals surface area contributed by atoms with Crippen LogP contribution in [0.3, 0.4) is 0 Å². The number of halogens is 1. The Bertz CT molecular complexity index is 431. The molecule has 1 aromatic heterocycles. The molecule has 0 aromatic carbocycles. The van der Waals surface area contributed by atoms with Crippen LogP contribution < -0.4 is 0 Å². The number of aromatic carboxylic acids is 1. The van der Waals surface area contributed by atoms with Crippen LogP contribution in [0.5, 0.6) is 0 Å². The van der Waals surface area contributed by atoms with E-state index in [-0.39, 0.29) is 5.69 Å². The van der Waals surface area contributed by atoms with Crippen LogP contribution in [0.1, 0.15) is 31.3 Å². The van der Waals surface area contributed by atoms with Crippen molar-refractivity contribution in [1.82, 2.24) is 4.57 Å². The van der Waals surface area contributed by atoms with E-state index < -0.39 is 17.7 Å². The summed E-state index contributed by atoms with van der Waals surface area (Å²) in [4.78, 5) is 22.5. The SMILES string of the molecule is CC(C)(C)OC(=O)n1cc(Br)cc1C(=O)O. The quantitative estimate of drug-likeness (QED) is 0.863. The Labute approximate surface area is 101 Å². The molecule has 1 rings (SSSR count). The molecule has 0 fully saturated rings. The van der Waals surface area contributed by atoms with Gasteiger partial charge in [0.15, 0.2) is 0 Å². The zero-order chi connectivity index (χ0) is 12.5. The van der Waals surface area contributed by atoms with Gasteiger partial charge in [-0.3, -0.25) is 0 Å². The Hall–Kier alpha value is -1.30. The topological polar surface area (TPSA) is 68.5 Å². The molecular weight excluding hydrogens is 278 g/mol. The molecule has 88 valence electrons. The minimum absolute atomic E-state index is 0.138. The van der Waals surface area contributed by atoms with Gasteiger partial charge < -0.3 is 9.84 Å². The van der Waals surface area contributed by atoms with Gasteiger partial charge in [-0.15, -0.1) is 0 Å². The second kappa shape index (κ2) is 4.29. The first kappa shape index (κ1) is 12.8. The summed E-state index contributed by atoms with van der Waals surface area (Å²) in [6.45, 7) is 5.14. The number of aromatic nitrogens is 1. The number of hydrogen-bond donors (Lipinski definition) is 1. The maximum Gasteiger partial charge on any atom is 0.419 e. The van der Waals surface area contributed by atoms with E-state index in [4.69, 9.17) is 9.84 Å². The van der Waals surface area contributed by atoms with Gasteiger partial charge >= 0.3 is 12.1 Å². The van der Waals surface area contributed by atoms with E-state index in [0.29, 0.717) is 4.47 Å². The Morgan fingerprint density at radius 2 is 2.00 bits per heavy atom. The number of carboxylic acids is 1. The van der Waals surface area contributed by atoms with Gasteiger partial charge in [0.25, 0.3) is 0 Å². The first-order chi connectivity index (χ1) is 7.20. The fraction of sp³-hybridized carbons (Fsp3) is 0.400. The average molecular weight is 290 g/mol. The van der Waals surface area contributed by atoms with Gasteiger partial charge in [-0.05, 0) is 42.8 Å². The molecule has 1 heterocycles. The molecule has 0 amide bonds. The summed E-state index contributed by atoms with van der Waals surface area (Å²) in [5.74, 6) is -1.18. The van der Waals surface area contributed by atoms with E-state index in [2.05, 4.69) is 15.9 Å². The van der Waals surface area contributed by atoms with Crippen LogP contribution in [0.25, 0.3) is 0 Å². The van der Waals surface area contributed by atoms with Crippen LogP contribution >= 0.6 is 15.9 Å². The Morgan fingerprint density at radius 1 is 1.44 bits per heavy atom. The van der Waals surface area contributed by atoms with E-state index in [1.807, 2.05) is 0 Å². The number of nitrogens with zero attached hydrogens (tertiary/aromatic N) is 1. The predicted molar refractivity (Wildman–Crippen MR) is 60.7 cm³/mol. The molecule has 16 heavy (non-hydrogen) atoms. The molecule has 0 unspecified atom stereocenters. The van der Waals surface area contributed by atoms with Gasteiger partial charge in [-0.25, -0.2) is 14.2 Å². The summed E-state index contributed by atoms with van der Waals surface area (Å²) >= 11 is 3.11. The summed E-state index contributed by atoms with van der Waals surface area (Å²) in [6.07, 6.45) is 0.646. The lowest BCUT2D eigenvalue weighted by molar-refractivity contribution is 0.0505. The Balaban J connectivity index is 3.04. The van der Waals surface area contributed by atoms with Crippen molar-refractivity contribution < 1.29 is 19.4 Å². The number of ether oxygens (including phenoxy) is 1. The first-order valence-electron chi connectivity index (χ1n) is 4.55. The molecule has 0 radical (unpaired) electrons. The van der Waals surface area contributed by atoms with E-state index in [1.54, 1.807) is 20.8 Å². The molecule has 1 N–H and O–H groups in total. The van der Waals surface area contributed by atoms with Crippen molar-refractivity contribution in [2.45, 2.75) is 26.4 Å². The molecule has 0 aliphatic heterocycles. The van der Waals surface area contributed by atoms with Gasteiger partial charge in [0.1, 0.15) is 11.3 Å². The summed E-state index contributed by atoms with van der Waals surface area (Å²) in [5.41, 5.74) is -0.801. The molecule has 5 nitrogen and oxygen atoms in total. The van der Waals surface area contributed by atoms with Crippen molar-refractivity contribution in [3.8, 4) is 0 Å². The summed E-state index contributed by atoms with van der Waals surface area (Å²) in [6, 6.07) is 1.34. The predicted octanol–water partition coefficient (Wildman–Crippen LogP) is 2.73. The van der Waals surface area contributed by atoms with Crippen molar-refractivity contribution in [1.29, 1.82) is 0 Å². The smallest absolute Gasteiger partial charge is 0.419 e. The molecular formula is C10H12BrNO4. The van der Waals surface area contributed by atoms with Crippen LogP contribution in [-0.4, -0.2) is 27.3 Å². The molecule has 1 aromatic rings. The van der Waals surface area contributed by atoms with Gasteiger partial charge in [0.05, 0.1) is 0 Å². The monoisotopic (exact) mass is 289 g/mol. The second-order valence-corrected chi connectivity index (χ2v) is 5.11. The zero-order valence-corrected chi connectivity index (χ0v) is 10.7. The highest BCUT2D eigenvalue weighted by Crippen LogP contribution is 2.17. The lowest BCUT2D eigenvalue weighted by Crippen LogP contribution is -2.28. The van der Waals surface area contributed by atoms with E-state index in [9.17, 15) is 9.59 Å². The molecule has 6 heteroatoms. The van der Waals surface area contributed by atoms with Crippen LogP contribution in [0.4, 0.5) is 4.79 Å². The minimum atomic E-state index is -1.18. The number of hydrogen-bond acceptors (Lipinski definition) is 3. The highest BCUT2D eigenvalue weighted by molar-refractivity contribution is 9.10. The normalized spacial score (nSPS) is 11.2. The lowest BCUT2D eigenvalue weighted by atomic mass is 10.2. The van der Waals surface area contributed by atoms with E-state index >= 15 is 0 Å². The molecule has 0 atom stereocenters. The number of carbonyl (C=O) groups excluding carboxylic acids is 1. The summed E-state index contributed by atoms with van der Waals surface area (Å²) < 4.78 is 6.53. The van der Waals surface area contributed by atoms with Crippen LogP contribution in [0.2, 0.25) is 0 Å². The minimum Gasteiger partial charge on any atom is -0.477 e. The first-order valence-corrected chi connectivity index (χ1v) is 5.34. The third kappa shape index (κ3) is 3.10. The number of carbonyl (C=O) groups is 2. The van der Waals surface area contributed by atoms with Gasteiger partial charge in [-0.2, -0.15) is 0 Å². The largest absolute Gasteiger partial charge is 0.477 e. The van der Waals surface area contributed by atoms with Gasteiger partial charge in [0, 0.05) is 10.7 Å². The van der Waals surface area contributed by atoms with Crippen molar-refractivity contribution in [3.63, 3.8) is 0 Å². The third-order valence-corrected chi connectivity index (χ3v) is 2.03. The number of rotatable bonds is 1. The van der Waals surface area contributed by atoms with Crippen LogP contribution in [0.15, 0.2) is 16.7 Å². The van der Waals surface area contributed by atoms with Crippen molar-refractivity contribution in [2.24, 2.45) is 0 Å². The molecule has 0 spiro atoms. The van der Waals surface area contributed by atoms with Crippen molar-refractivity contribution in [2.75, 3.05) is 0 Å². The molecule has 0 saturated heterocycles. The average Bonchev–Trinajstić information content (AvgIpc) is 2.44. The fourth-order valence-corrected chi connectivity index (χ4v) is 1.48. The number of carboxylic acid groups (broad SMARTS) is 1. The molecule has 0 aliphatic carbocycles. The molecule has 0 saturated carbocycles. The highest BCUT2D eigenvalue weighted by Gasteiger charge is 2.22. The van der Waals surface area contributed by atoms with E-state index in [1.165, 1.54) is 12.3 Å². The Morgan fingerprint density at radius 3 is 2.44 bits per heavy atom. The van der Waals surface area contributed by atoms with Crippen molar-refractivity contribution in [3.05, 3.63) is 22.4 Å². The molecule has 0 bridgehead atoms. The fourth-order valence-electron chi connectivity index (χ4n) is 1.06. The summed E-state index contributed by atoms with van der Waals surface area (Å²) in [5, 5.41) is 8.88. The molecule has 0 aliphatic rings. The maximum absolute atomic E-state index is 11.7. The van der Waals surface area contributed by atoms with Crippen LogP contribution in [0, 0.1) is 0 Å². The second-order valence-electron chi connectivity index (χ2n) is 4.20. The van der Waals surface area contributed by atoms with Gasteiger partial charge in [0.2, 0.25) is 0 Å². The lowest BCUT2D eigenvalue weighted by Gasteiger charge is -2.19. The maximum atomic E-state index is 11.7. The third-order valence-electron chi connectivity index (χ3n) is 1.60. The summed E-state index contributed by atoms with van der Waals surface area (Å²) in [7, 11) is 0. The van der Waals surface area contributed by atoms with Gasteiger partial charge in [-0.1, -0.05) is 0 Å².